The summed E-state index contributed by atoms with van der Waals surface area (Å²) in [6.07, 6.45) is 2.59. The van der Waals surface area contributed by atoms with Crippen LogP contribution < -0.4 is 51.4 Å². The molecule has 1 aromatic carbocycles. The molecular weight excluding hydrogens is 204 g/mol. The number of rotatable bonds is 1. The monoisotopic (exact) mass is 210 g/mol. The Labute approximate surface area is 117 Å². The Morgan fingerprint density at radius 3 is 2.31 bits per heavy atom. The Morgan fingerprint density at radius 2 is 1.77 bits per heavy atom. The van der Waals surface area contributed by atoms with E-state index in [9.17, 15) is 13.2 Å². The summed E-state index contributed by atoms with van der Waals surface area (Å²) in [5.41, 5.74) is 0.258. The van der Waals surface area contributed by atoms with Gasteiger partial charge in [0.2, 0.25) is 0 Å². The standard InChI is InChI=1S/C9H6F3.K/c10-7-4-3-6(5-1-2-5)8(11)9(7)12;/h1,3-5H,2H2;/q-1;+1/t5-;/m1./s1. The quantitative estimate of drug-likeness (QED) is 0.342. The maximum Gasteiger partial charge on any atom is 1.00 e. The number of hydrogen-bond donors (Lipinski definition) is 0. The molecule has 64 valence electrons. The van der Waals surface area contributed by atoms with Crippen LogP contribution in [0.15, 0.2) is 12.1 Å². The largest absolute Gasteiger partial charge is 1.00 e. The summed E-state index contributed by atoms with van der Waals surface area (Å²) in [7, 11) is 0. The van der Waals surface area contributed by atoms with Crippen LogP contribution in [0.4, 0.5) is 13.2 Å². The van der Waals surface area contributed by atoms with Crippen molar-refractivity contribution in [2.24, 2.45) is 0 Å². The predicted octanol–water partition coefficient (Wildman–Crippen LogP) is -0.201. The van der Waals surface area contributed by atoms with E-state index in [2.05, 4.69) is 0 Å². The third-order valence-electron chi connectivity index (χ3n) is 1.94. The van der Waals surface area contributed by atoms with Crippen LogP contribution in [-0.2, 0) is 0 Å². The smallest absolute Gasteiger partial charge is 0.325 e. The molecule has 0 amide bonds. The first kappa shape index (κ1) is 11.7. The molecule has 0 saturated heterocycles. The van der Waals surface area contributed by atoms with E-state index in [4.69, 9.17) is 0 Å². The van der Waals surface area contributed by atoms with Crippen molar-refractivity contribution in [3.63, 3.8) is 0 Å². The van der Waals surface area contributed by atoms with Crippen molar-refractivity contribution < 1.29 is 64.6 Å². The van der Waals surface area contributed by atoms with Gasteiger partial charge >= 0.3 is 51.4 Å². The van der Waals surface area contributed by atoms with E-state index in [1.807, 2.05) is 6.42 Å². The average molecular weight is 210 g/mol. The van der Waals surface area contributed by atoms with E-state index in [1.54, 1.807) is 0 Å². The minimum Gasteiger partial charge on any atom is -0.325 e. The van der Waals surface area contributed by atoms with Crippen molar-refractivity contribution in [1.29, 1.82) is 0 Å². The predicted molar refractivity (Wildman–Crippen MR) is 38.0 cm³/mol. The zero-order chi connectivity index (χ0) is 8.72. The molecule has 0 spiro atoms. The molecule has 0 aromatic heterocycles. The first-order chi connectivity index (χ1) is 5.70. The van der Waals surface area contributed by atoms with Crippen LogP contribution in [0.25, 0.3) is 0 Å². The van der Waals surface area contributed by atoms with E-state index in [0.29, 0.717) is 0 Å². The maximum absolute atomic E-state index is 12.9. The molecule has 4 heteroatoms. The van der Waals surface area contributed by atoms with Gasteiger partial charge in [-0.1, -0.05) is 6.07 Å². The van der Waals surface area contributed by atoms with Crippen LogP contribution in [0.2, 0.25) is 0 Å². The van der Waals surface area contributed by atoms with Crippen LogP contribution >= 0.6 is 0 Å². The van der Waals surface area contributed by atoms with E-state index in [0.717, 1.165) is 12.5 Å². The molecule has 0 bridgehead atoms. The molecule has 1 aliphatic carbocycles. The third kappa shape index (κ3) is 2.36. The molecule has 0 N–H and O–H groups in total. The Morgan fingerprint density at radius 1 is 1.15 bits per heavy atom. The van der Waals surface area contributed by atoms with Crippen molar-refractivity contribution >= 4 is 0 Å². The van der Waals surface area contributed by atoms with Crippen molar-refractivity contribution in [2.75, 3.05) is 0 Å². The van der Waals surface area contributed by atoms with Crippen molar-refractivity contribution in [2.45, 2.75) is 12.3 Å². The molecule has 2 rings (SSSR count). The third-order valence-corrected chi connectivity index (χ3v) is 1.94. The van der Waals surface area contributed by atoms with Gasteiger partial charge in [0, 0.05) is 0 Å². The van der Waals surface area contributed by atoms with Crippen molar-refractivity contribution in [1.82, 2.24) is 0 Å². The van der Waals surface area contributed by atoms with Gasteiger partial charge in [0.1, 0.15) is 0 Å². The van der Waals surface area contributed by atoms with Gasteiger partial charge in [-0.25, -0.2) is 13.2 Å². The second kappa shape index (κ2) is 4.44. The molecule has 0 radical (unpaired) electrons. The molecule has 13 heavy (non-hydrogen) atoms. The van der Waals surface area contributed by atoms with Gasteiger partial charge < -0.3 is 6.42 Å². The number of halogens is 3. The summed E-state index contributed by atoms with van der Waals surface area (Å²) in [5.74, 6) is -3.56. The molecule has 1 aliphatic rings. The molecule has 1 fully saturated rings. The van der Waals surface area contributed by atoms with Crippen LogP contribution in [-0.4, -0.2) is 0 Å². The second-order valence-electron chi connectivity index (χ2n) is 2.84. The fourth-order valence-electron chi connectivity index (χ4n) is 1.15. The summed E-state index contributed by atoms with van der Waals surface area (Å²) in [4.78, 5) is 0. The van der Waals surface area contributed by atoms with Gasteiger partial charge in [-0.05, 0) is 11.6 Å². The SMILES string of the molecule is Fc1ccc([C@@H]2[CH-]C2)c(F)c1F.[K+]. The summed E-state index contributed by atoms with van der Waals surface area (Å²) < 4.78 is 38.0. The molecular formula is C9H6F3K. The topological polar surface area (TPSA) is 0 Å². The van der Waals surface area contributed by atoms with Crippen LogP contribution in [0.1, 0.15) is 17.9 Å². The zero-order valence-electron chi connectivity index (χ0n) is 7.15. The fraction of sp³-hybridized carbons (Fsp3) is 0.222. The van der Waals surface area contributed by atoms with Gasteiger partial charge in [0.05, 0.1) is 0 Å². The van der Waals surface area contributed by atoms with Crippen LogP contribution in [0.5, 0.6) is 0 Å². The Balaban J connectivity index is 0.000000845. The van der Waals surface area contributed by atoms with E-state index < -0.39 is 17.5 Å². The Kier molecular flexibility index (Phi) is 4.01. The second-order valence-corrected chi connectivity index (χ2v) is 2.84. The molecule has 0 nitrogen and oxygen atoms in total. The first-order valence-electron chi connectivity index (χ1n) is 3.67. The summed E-state index contributed by atoms with van der Waals surface area (Å²) >= 11 is 0. The molecule has 0 aliphatic heterocycles. The summed E-state index contributed by atoms with van der Waals surface area (Å²) in [6, 6.07) is 2.25. The van der Waals surface area contributed by atoms with E-state index in [1.165, 1.54) is 6.07 Å². The normalized spacial score (nSPS) is 19.5. The van der Waals surface area contributed by atoms with Crippen LogP contribution in [0, 0.1) is 23.9 Å². The van der Waals surface area contributed by atoms with Crippen molar-refractivity contribution in [3.05, 3.63) is 41.6 Å². The first-order valence-corrected chi connectivity index (χ1v) is 3.67. The molecule has 0 heterocycles. The van der Waals surface area contributed by atoms with E-state index in [-0.39, 0.29) is 62.9 Å². The number of hydrogen-bond acceptors (Lipinski definition) is 0. The van der Waals surface area contributed by atoms with Gasteiger partial charge in [-0.15, -0.1) is 0 Å². The van der Waals surface area contributed by atoms with Gasteiger partial charge in [-0.2, -0.15) is 12.3 Å². The van der Waals surface area contributed by atoms with Crippen molar-refractivity contribution in [3.8, 4) is 0 Å². The minimum absolute atomic E-state index is 0. The molecule has 1 saturated carbocycles. The Bertz CT molecular complexity index is 321. The number of benzene rings is 1. The average Bonchev–Trinajstić information content (AvgIpc) is 2.84. The van der Waals surface area contributed by atoms with Crippen LogP contribution in [0.3, 0.4) is 0 Å². The summed E-state index contributed by atoms with van der Waals surface area (Å²) in [6.45, 7) is 0. The molecule has 1 atom stereocenters. The fourth-order valence-corrected chi connectivity index (χ4v) is 1.15. The maximum atomic E-state index is 12.9. The Hall–Kier alpha value is 0.646. The molecule has 1 aromatic rings. The zero-order valence-corrected chi connectivity index (χ0v) is 10.3. The minimum atomic E-state index is -1.37. The van der Waals surface area contributed by atoms with Gasteiger partial charge in [0.25, 0.3) is 0 Å². The van der Waals surface area contributed by atoms with E-state index >= 15 is 0 Å². The summed E-state index contributed by atoms with van der Waals surface area (Å²) in [5, 5.41) is 0. The van der Waals surface area contributed by atoms with Gasteiger partial charge in [0.15, 0.2) is 17.5 Å². The molecule has 0 unspecified atom stereocenters. The van der Waals surface area contributed by atoms with Gasteiger partial charge in [-0.3, -0.25) is 0 Å².